The van der Waals surface area contributed by atoms with Crippen molar-refractivity contribution in [1.29, 1.82) is 0 Å². The van der Waals surface area contributed by atoms with E-state index in [1.165, 1.54) is 0 Å². The smallest absolute Gasteiger partial charge is 0.254 e. The summed E-state index contributed by atoms with van der Waals surface area (Å²) in [5, 5.41) is 0. The van der Waals surface area contributed by atoms with Crippen LogP contribution in [0, 0.1) is 0 Å². The van der Waals surface area contributed by atoms with Gasteiger partial charge >= 0.3 is 0 Å². The number of nitrogens with zero attached hydrogens (tertiary/aromatic N) is 2. The minimum absolute atomic E-state index is 0.0472. The molecule has 1 saturated heterocycles. The highest BCUT2D eigenvalue weighted by molar-refractivity contribution is 5.95. The molecule has 7 heteroatoms. The van der Waals surface area contributed by atoms with Crippen LogP contribution in [0.4, 0.5) is 0 Å². The Hall–Kier alpha value is -3.74. The van der Waals surface area contributed by atoms with Crippen LogP contribution in [-0.2, 0) is 6.61 Å². The fourth-order valence-corrected chi connectivity index (χ4v) is 4.27. The van der Waals surface area contributed by atoms with Crippen molar-refractivity contribution < 1.29 is 23.7 Å². The van der Waals surface area contributed by atoms with Crippen LogP contribution in [0.1, 0.15) is 47.3 Å². The van der Waals surface area contributed by atoms with Gasteiger partial charge in [0, 0.05) is 30.1 Å². The SMILES string of the molecule is CCOc1cc(C(=O)N2CCCC2c2cc(OC)ccc2OC)ccc1OCc1ccncc1. The zero-order chi connectivity index (χ0) is 23.9. The molecule has 1 fully saturated rings. The fourth-order valence-electron chi connectivity index (χ4n) is 4.27. The number of methoxy groups -OCH3 is 2. The topological polar surface area (TPSA) is 70.1 Å². The lowest BCUT2D eigenvalue weighted by atomic mass is 10.0. The number of carbonyl (C=O) groups is 1. The molecule has 0 radical (unpaired) electrons. The Labute approximate surface area is 200 Å². The summed E-state index contributed by atoms with van der Waals surface area (Å²) >= 11 is 0. The summed E-state index contributed by atoms with van der Waals surface area (Å²) in [6.45, 7) is 3.44. The second-order valence-electron chi connectivity index (χ2n) is 8.00. The van der Waals surface area contributed by atoms with Gasteiger partial charge in [-0.1, -0.05) is 0 Å². The Morgan fingerprint density at radius 3 is 2.50 bits per heavy atom. The molecule has 2 aromatic carbocycles. The largest absolute Gasteiger partial charge is 0.497 e. The van der Waals surface area contributed by atoms with E-state index in [0.717, 1.165) is 35.5 Å². The summed E-state index contributed by atoms with van der Waals surface area (Å²) in [7, 11) is 3.28. The highest BCUT2D eigenvalue weighted by atomic mass is 16.5. The first kappa shape index (κ1) is 23.4. The van der Waals surface area contributed by atoms with Crippen LogP contribution in [0.2, 0.25) is 0 Å². The van der Waals surface area contributed by atoms with Crippen LogP contribution in [-0.4, -0.2) is 43.2 Å². The van der Waals surface area contributed by atoms with Crippen LogP contribution >= 0.6 is 0 Å². The third-order valence-corrected chi connectivity index (χ3v) is 5.94. The van der Waals surface area contributed by atoms with Gasteiger partial charge in [-0.15, -0.1) is 0 Å². The van der Waals surface area contributed by atoms with Gasteiger partial charge in [-0.25, -0.2) is 0 Å². The van der Waals surface area contributed by atoms with Gasteiger partial charge in [-0.3, -0.25) is 9.78 Å². The molecular weight excluding hydrogens is 432 g/mol. The molecule has 178 valence electrons. The van der Waals surface area contributed by atoms with Crippen LogP contribution in [0.5, 0.6) is 23.0 Å². The third kappa shape index (κ3) is 5.09. The van der Waals surface area contributed by atoms with Crippen molar-refractivity contribution in [2.24, 2.45) is 0 Å². The van der Waals surface area contributed by atoms with Crippen LogP contribution in [0.3, 0.4) is 0 Å². The van der Waals surface area contributed by atoms with Crippen LogP contribution < -0.4 is 18.9 Å². The zero-order valence-corrected chi connectivity index (χ0v) is 19.8. The van der Waals surface area contributed by atoms with Crippen molar-refractivity contribution in [3.63, 3.8) is 0 Å². The highest BCUT2D eigenvalue weighted by Crippen LogP contribution is 2.40. The second-order valence-corrected chi connectivity index (χ2v) is 8.00. The lowest BCUT2D eigenvalue weighted by Crippen LogP contribution is -2.30. The van der Waals surface area contributed by atoms with Crippen molar-refractivity contribution in [3.8, 4) is 23.0 Å². The van der Waals surface area contributed by atoms with E-state index in [1.54, 1.807) is 44.8 Å². The molecule has 1 aliphatic rings. The van der Waals surface area contributed by atoms with Gasteiger partial charge in [-0.2, -0.15) is 0 Å². The average Bonchev–Trinajstić information content (AvgIpc) is 3.37. The first-order valence-corrected chi connectivity index (χ1v) is 11.5. The Morgan fingerprint density at radius 2 is 1.76 bits per heavy atom. The summed E-state index contributed by atoms with van der Waals surface area (Å²) in [6.07, 6.45) is 5.24. The lowest BCUT2D eigenvalue weighted by molar-refractivity contribution is 0.0733. The van der Waals surface area contributed by atoms with E-state index in [2.05, 4.69) is 4.98 Å². The van der Waals surface area contributed by atoms with Crippen LogP contribution in [0.25, 0.3) is 0 Å². The molecule has 0 aliphatic carbocycles. The predicted molar refractivity (Wildman–Crippen MR) is 129 cm³/mol. The number of ether oxygens (including phenoxy) is 4. The number of likely N-dealkylation sites (tertiary alicyclic amines) is 1. The molecule has 1 aromatic heterocycles. The van der Waals surface area contributed by atoms with E-state index in [0.29, 0.717) is 36.8 Å². The number of rotatable bonds is 9. The zero-order valence-electron chi connectivity index (χ0n) is 19.8. The van der Waals surface area contributed by atoms with Crippen molar-refractivity contribution in [2.45, 2.75) is 32.4 Å². The maximum atomic E-state index is 13.6. The van der Waals surface area contributed by atoms with Gasteiger partial charge in [0.2, 0.25) is 0 Å². The van der Waals surface area contributed by atoms with E-state index in [1.807, 2.05) is 42.2 Å². The van der Waals surface area contributed by atoms with Crippen molar-refractivity contribution >= 4 is 5.91 Å². The van der Waals surface area contributed by atoms with E-state index in [4.69, 9.17) is 18.9 Å². The number of aromatic nitrogens is 1. The highest BCUT2D eigenvalue weighted by Gasteiger charge is 2.33. The molecule has 34 heavy (non-hydrogen) atoms. The van der Waals surface area contributed by atoms with Gasteiger partial charge < -0.3 is 23.8 Å². The predicted octanol–water partition coefficient (Wildman–Crippen LogP) is 5.05. The number of hydrogen-bond acceptors (Lipinski definition) is 6. The van der Waals surface area contributed by atoms with Gasteiger partial charge in [0.1, 0.15) is 18.1 Å². The van der Waals surface area contributed by atoms with Gasteiger partial charge in [0.15, 0.2) is 11.5 Å². The molecule has 2 heterocycles. The average molecular weight is 463 g/mol. The van der Waals surface area contributed by atoms with E-state index >= 15 is 0 Å². The normalized spacial score (nSPS) is 15.1. The second kappa shape index (κ2) is 10.9. The van der Waals surface area contributed by atoms with Crippen LogP contribution in [0.15, 0.2) is 60.9 Å². The summed E-state index contributed by atoms with van der Waals surface area (Å²) in [5.74, 6) is 2.60. The van der Waals surface area contributed by atoms with E-state index in [9.17, 15) is 4.79 Å². The molecule has 1 aliphatic heterocycles. The number of amides is 1. The first-order valence-electron chi connectivity index (χ1n) is 11.5. The summed E-state index contributed by atoms with van der Waals surface area (Å²) < 4.78 is 22.8. The number of benzene rings is 2. The monoisotopic (exact) mass is 462 g/mol. The molecule has 0 bridgehead atoms. The Bertz CT molecular complexity index is 1120. The third-order valence-electron chi connectivity index (χ3n) is 5.94. The minimum atomic E-state index is -0.0873. The summed E-state index contributed by atoms with van der Waals surface area (Å²) in [4.78, 5) is 19.5. The molecule has 4 rings (SSSR count). The first-order chi connectivity index (χ1) is 16.6. The van der Waals surface area contributed by atoms with Crippen molar-refractivity contribution in [1.82, 2.24) is 9.88 Å². The molecular formula is C27H30N2O5. The van der Waals surface area contributed by atoms with E-state index in [-0.39, 0.29) is 11.9 Å². The number of pyridine rings is 1. The Balaban J connectivity index is 1.57. The number of carbonyl (C=O) groups excluding carboxylic acids is 1. The molecule has 0 spiro atoms. The minimum Gasteiger partial charge on any atom is -0.497 e. The molecule has 1 amide bonds. The fraction of sp³-hybridized carbons (Fsp3) is 0.333. The van der Waals surface area contributed by atoms with Crippen molar-refractivity contribution in [2.75, 3.05) is 27.4 Å². The molecule has 1 atom stereocenters. The number of hydrogen-bond donors (Lipinski definition) is 0. The van der Waals surface area contributed by atoms with E-state index < -0.39 is 0 Å². The lowest BCUT2D eigenvalue weighted by Gasteiger charge is -2.27. The van der Waals surface area contributed by atoms with Crippen molar-refractivity contribution in [3.05, 3.63) is 77.6 Å². The maximum Gasteiger partial charge on any atom is 0.254 e. The standard InChI is InChI=1S/C27H30N2O5/c1-4-33-26-16-20(7-9-25(26)34-18-19-11-13-28-14-12-19)27(30)29-15-5-6-23(29)22-17-21(31-2)8-10-24(22)32-3/h7-14,16-17,23H,4-6,15,18H2,1-3H3. The van der Waals surface area contributed by atoms with Gasteiger partial charge in [0.25, 0.3) is 5.91 Å². The Kier molecular flexibility index (Phi) is 7.52. The molecule has 0 N–H and O–H groups in total. The molecule has 3 aromatic rings. The van der Waals surface area contributed by atoms with Gasteiger partial charge in [0.05, 0.1) is 26.9 Å². The summed E-state index contributed by atoms with van der Waals surface area (Å²) in [6, 6.07) is 14.8. The maximum absolute atomic E-state index is 13.6. The summed E-state index contributed by atoms with van der Waals surface area (Å²) in [5.41, 5.74) is 2.52. The molecule has 0 saturated carbocycles. The molecule has 1 unspecified atom stereocenters. The molecule has 7 nitrogen and oxygen atoms in total. The Morgan fingerprint density at radius 1 is 0.971 bits per heavy atom. The quantitative estimate of drug-likeness (QED) is 0.443. The van der Waals surface area contributed by atoms with Gasteiger partial charge in [-0.05, 0) is 73.9 Å².